The Morgan fingerprint density at radius 2 is 2.05 bits per heavy atom. The molecule has 0 aliphatic heterocycles. The van der Waals surface area contributed by atoms with Crippen LogP contribution in [0.25, 0.3) is 0 Å². The molecule has 1 heterocycles. The molecular weight excluding hydrogens is 250 g/mol. The highest BCUT2D eigenvalue weighted by atomic mass is 19.1. The first-order chi connectivity index (χ1) is 9.19. The third-order valence-electron chi connectivity index (χ3n) is 2.48. The molecule has 0 spiro atoms. The molecule has 0 saturated heterocycles. The fourth-order valence-electron chi connectivity index (χ4n) is 1.51. The molecule has 0 radical (unpaired) electrons. The molecule has 0 atom stereocenters. The van der Waals surface area contributed by atoms with Gasteiger partial charge in [0, 0.05) is 24.9 Å². The second-order valence-electron chi connectivity index (χ2n) is 3.96. The van der Waals surface area contributed by atoms with E-state index >= 15 is 0 Å². The van der Waals surface area contributed by atoms with Gasteiger partial charge < -0.3 is 10.1 Å². The molecule has 2 aromatic rings. The van der Waals surface area contributed by atoms with Gasteiger partial charge in [0.25, 0.3) is 0 Å². The van der Waals surface area contributed by atoms with Crippen molar-refractivity contribution < 1.29 is 13.5 Å². The highest BCUT2D eigenvalue weighted by molar-refractivity contribution is 5.29. The molecule has 0 aliphatic carbocycles. The lowest BCUT2D eigenvalue weighted by molar-refractivity contribution is 0.422. The van der Waals surface area contributed by atoms with Gasteiger partial charge in [0.2, 0.25) is 5.88 Å². The van der Waals surface area contributed by atoms with Gasteiger partial charge in [-0.15, -0.1) is 0 Å². The minimum Gasteiger partial charge on any atom is -0.436 e. The molecule has 0 saturated carbocycles. The Kier molecular flexibility index (Phi) is 4.41. The van der Waals surface area contributed by atoms with E-state index in [9.17, 15) is 8.78 Å². The average molecular weight is 264 g/mol. The Hall–Kier alpha value is -2.01. The number of aromatic nitrogens is 1. The van der Waals surface area contributed by atoms with E-state index in [1.54, 1.807) is 12.3 Å². The third kappa shape index (κ3) is 3.72. The molecule has 100 valence electrons. The maximum Gasteiger partial charge on any atom is 0.219 e. The summed E-state index contributed by atoms with van der Waals surface area (Å²) in [5.41, 5.74) is 0.994. The molecular formula is C14H14F2N2O. The van der Waals surface area contributed by atoms with Crippen LogP contribution in [0.3, 0.4) is 0 Å². The first-order valence-electron chi connectivity index (χ1n) is 5.97. The van der Waals surface area contributed by atoms with Crippen LogP contribution >= 0.6 is 0 Å². The highest BCUT2D eigenvalue weighted by Crippen LogP contribution is 2.23. The molecule has 2 rings (SSSR count). The van der Waals surface area contributed by atoms with E-state index in [0.29, 0.717) is 6.54 Å². The molecule has 19 heavy (non-hydrogen) atoms. The zero-order chi connectivity index (χ0) is 13.7. The summed E-state index contributed by atoms with van der Waals surface area (Å²) in [5, 5.41) is 3.16. The minimum atomic E-state index is -0.625. The van der Waals surface area contributed by atoms with Crippen LogP contribution in [-0.4, -0.2) is 11.5 Å². The second kappa shape index (κ2) is 6.24. The molecule has 1 N–H and O–H groups in total. The topological polar surface area (TPSA) is 34.1 Å². The number of halogens is 2. The summed E-state index contributed by atoms with van der Waals surface area (Å²) in [6.07, 6.45) is 1.63. The van der Waals surface area contributed by atoms with Crippen LogP contribution in [0.1, 0.15) is 12.5 Å². The van der Waals surface area contributed by atoms with Gasteiger partial charge in [-0.1, -0.05) is 13.0 Å². The second-order valence-corrected chi connectivity index (χ2v) is 3.96. The number of hydrogen-bond donors (Lipinski definition) is 1. The van der Waals surface area contributed by atoms with E-state index in [4.69, 9.17) is 4.74 Å². The van der Waals surface area contributed by atoms with E-state index in [0.717, 1.165) is 30.3 Å². The quantitative estimate of drug-likeness (QED) is 0.900. The zero-order valence-corrected chi connectivity index (χ0v) is 10.5. The van der Waals surface area contributed by atoms with Crippen molar-refractivity contribution in [1.29, 1.82) is 0 Å². The number of ether oxygens (including phenoxy) is 1. The summed E-state index contributed by atoms with van der Waals surface area (Å²) in [4.78, 5) is 4.05. The van der Waals surface area contributed by atoms with Crippen molar-refractivity contribution in [3.05, 3.63) is 53.7 Å². The van der Waals surface area contributed by atoms with Gasteiger partial charge in [0.1, 0.15) is 5.82 Å². The summed E-state index contributed by atoms with van der Waals surface area (Å²) in [5.74, 6) is -1.13. The van der Waals surface area contributed by atoms with E-state index < -0.39 is 11.6 Å². The van der Waals surface area contributed by atoms with Gasteiger partial charge in [-0.05, 0) is 24.2 Å². The largest absolute Gasteiger partial charge is 0.436 e. The van der Waals surface area contributed by atoms with E-state index in [-0.39, 0.29) is 11.6 Å². The standard InChI is InChI=1S/C14H14F2N2O/c1-2-17-8-10-3-6-14(18-9-10)19-13-7-11(15)4-5-12(13)16/h3-7,9,17H,2,8H2,1H3. The number of hydrogen-bond acceptors (Lipinski definition) is 3. The molecule has 3 nitrogen and oxygen atoms in total. The van der Waals surface area contributed by atoms with Crippen molar-refractivity contribution >= 4 is 0 Å². The number of pyridine rings is 1. The van der Waals surface area contributed by atoms with Crippen molar-refractivity contribution in [1.82, 2.24) is 10.3 Å². The predicted molar refractivity (Wildman–Crippen MR) is 68.0 cm³/mol. The van der Waals surface area contributed by atoms with E-state index in [1.807, 2.05) is 13.0 Å². The molecule has 0 aliphatic rings. The van der Waals surface area contributed by atoms with Crippen molar-refractivity contribution in [2.75, 3.05) is 6.54 Å². The van der Waals surface area contributed by atoms with Gasteiger partial charge in [-0.3, -0.25) is 0 Å². The van der Waals surface area contributed by atoms with Crippen LogP contribution in [-0.2, 0) is 6.54 Å². The van der Waals surface area contributed by atoms with E-state index in [2.05, 4.69) is 10.3 Å². The molecule has 0 amide bonds. The third-order valence-corrected chi connectivity index (χ3v) is 2.48. The summed E-state index contributed by atoms with van der Waals surface area (Å²) in [6.45, 7) is 3.59. The van der Waals surface area contributed by atoms with Crippen molar-refractivity contribution in [2.24, 2.45) is 0 Å². The van der Waals surface area contributed by atoms with E-state index in [1.165, 1.54) is 0 Å². The molecule has 0 unspecified atom stereocenters. The molecule has 1 aromatic carbocycles. The first-order valence-corrected chi connectivity index (χ1v) is 5.97. The van der Waals surface area contributed by atoms with Crippen LogP contribution in [0.15, 0.2) is 36.5 Å². The summed E-state index contributed by atoms with van der Waals surface area (Å²) >= 11 is 0. The Morgan fingerprint density at radius 1 is 1.21 bits per heavy atom. The Labute approximate surface area is 110 Å². The van der Waals surface area contributed by atoms with Gasteiger partial charge in [-0.2, -0.15) is 0 Å². The van der Waals surface area contributed by atoms with Gasteiger partial charge in [-0.25, -0.2) is 13.8 Å². The Morgan fingerprint density at radius 3 is 2.74 bits per heavy atom. The normalized spacial score (nSPS) is 10.5. The molecule has 1 aromatic heterocycles. The molecule has 5 heteroatoms. The fourth-order valence-corrected chi connectivity index (χ4v) is 1.51. The van der Waals surface area contributed by atoms with Gasteiger partial charge in [0.15, 0.2) is 11.6 Å². The van der Waals surface area contributed by atoms with Crippen LogP contribution in [0.2, 0.25) is 0 Å². The van der Waals surface area contributed by atoms with Crippen molar-refractivity contribution in [3.8, 4) is 11.6 Å². The minimum absolute atomic E-state index is 0.174. The van der Waals surface area contributed by atoms with Crippen molar-refractivity contribution in [3.63, 3.8) is 0 Å². The van der Waals surface area contributed by atoms with Gasteiger partial charge >= 0.3 is 0 Å². The number of benzene rings is 1. The van der Waals surface area contributed by atoms with Crippen LogP contribution in [0.5, 0.6) is 11.6 Å². The van der Waals surface area contributed by atoms with Crippen LogP contribution < -0.4 is 10.1 Å². The lowest BCUT2D eigenvalue weighted by atomic mass is 10.3. The lowest BCUT2D eigenvalue weighted by Gasteiger charge is -2.07. The maximum absolute atomic E-state index is 13.4. The SMILES string of the molecule is CCNCc1ccc(Oc2cc(F)ccc2F)nc1. The smallest absolute Gasteiger partial charge is 0.219 e. The summed E-state index contributed by atoms with van der Waals surface area (Å²) in [7, 11) is 0. The number of rotatable bonds is 5. The maximum atomic E-state index is 13.4. The zero-order valence-electron chi connectivity index (χ0n) is 10.5. The monoisotopic (exact) mass is 264 g/mol. The van der Waals surface area contributed by atoms with Gasteiger partial charge in [0.05, 0.1) is 0 Å². The molecule has 0 bridgehead atoms. The fraction of sp³-hybridized carbons (Fsp3) is 0.214. The molecule has 0 fully saturated rings. The Balaban J connectivity index is 2.08. The van der Waals surface area contributed by atoms with Crippen LogP contribution in [0.4, 0.5) is 8.78 Å². The van der Waals surface area contributed by atoms with Crippen molar-refractivity contribution in [2.45, 2.75) is 13.5 Å². The predicted octanol–water partition coefficient (Wildman–Crippen LogP) is 3.26. The number of nitrogens with one attached hydrogen (secondary N) is 1. The lowest BCUT2D eigenvalue weighted by Crippen LogP contribution is -2.11. The number of nitrogens with zero attached hydrogens (tertiary/aromatic N) is 1. The summed E-state index contributed by atoms with van der Waals surface area (Å²) in [6, 6.07) is 6.49. The average Bonchev–Trinajstić information content (AvgIpc) is 2.42. The Bertz CT molecular complexity index is 544. The van der Waals surface area contributed by atoms with Crippen LogP contribution in [0, 0.1) is 11.6 Å². The highest BCUT2D eigenvalue weighted by Gasteiger charge is 2.07. The summed E-state index contributed by atoms with van der Waals surface area (Å²) < 4.78 is 31.6. The first kappa shape index (κ1) is 13.4.